The Morgan fingerprint density at radius 3 is 1.67 bits per heavy atom. The second kappa shape index (κ2) is 14.0. The molecular weight excluding hydrogens is 743 g/mol. The number of furan rings is 1. The van der Waals surface area contributed by atoms with Crippen molar-refractivity contribution in [2.24, 2.45) is 0 Å². The summed E-state index contributed by atoms with van der Waals surface area (Å²) < 4.78 is 6.82. The molecule has 61 heavy (non-hydrogen) atoms. The summed E-state index contributed by atoms with van der Waals surface area (Å²) >= 11 is 0. The van der Waals surface area contributed by atoms with Gasteiger partial charge in [-0.25, -0.2) is 0 Å². The van der Waals surface area contributed by atoms with Crippen LogP contribution in [0.1, 0.15) is 58.4 Å². The quantitative estimate of drug-likeness (QED) is 0.119. The largest absolute Gasteiger partial charge is 0.456 e. The van der Waals surface area contributed by atoms with E-state index in [1.165, 1.54) is 32.7 Å². The number of hydrogen-bond acceptors (Lipinski definition) is 4. The van der Waals surface area contributed by atoms with Crippen molar-refractivity contribution in [2.45, 2.75) is 19.3 Å². The van der Waals surface area contributed by atoms with E-state index in [1.807, 2.05) is 53.4 Å². The van der Waals surface area contributed by atoms with E-state index < -0.39 is 0 Å². The minimum atomic E-state index is -0.166. The van der Waals surface area contributed by atoms with Gasteiger partial charge in [-0.2, -0.15) is 10.5 Å². The zero-order chi connectivity index (χ0) is 41.2. The molecule has 0 bridgehead atoms. The number of benzene rings is 9. The molecule has 0 N–H and O–H groups in total. The first-order valence-electron chi connectivity index (χ1n) is 20.5. The summed E-state index contributed by atoms with van der Waals surface area (Å²) in [4.78, 5) is 1.97. The summed E-state index contributed by atoms with van der Waals surface area (Å²) in [5.74, 6) is 0. The fourth-order valence-electron chi connectivity index (χ4n) is 9.66. The lowest BCUT2D eigenvalue weighted by atomic mass is 9.79. The van der Waals surface area contributed by atoms with Gasteiger partial charge in [-0.3, -0.25) is 0 Å². The van der Waals surface area contributed by atoms with Crippen molar-refractivity contribution in [1.29, 1.82) is 10.5 Å². The monoisotopic (exact) mass is 779 g/mol. The highest BCUT2D eigenvalue weighted by molar-refractivity contribution is 6.17. The van der Waals surface area contributed by atoms with Crippen molar-refractivity contribution >= 4 is 71.7 Å². The standard InChI is InChI=1S/C57H37N3O/c1-57(2)47-21-13-20-38-24-25-39-30-43(31-48(57)56(39)55(38)47)54(37-16-7-4-8-17-37)53(36-14-5-3-6-15-36)40-26-28-45-46-29-27-44(33-52(46)61-51(45)32-40)60(49-22-11-9-18-41(49)34-58)50-23-12-10-19-42(50)35-59/h3-33H,1-2H3/b54-53+. The van der Waals surface area contributed by atoms with E-state index in [9.17, 15) is 10.5 Å². The summed E-state index contributed by atoms with van der Waals surface area (Å²) in [7, 11) is 0. The highest BCUT2D eigenvalue weighted by atomic mass is 16.3. The van der Waals surface area contributed by atoms with E-state index in [4.69, 9.17) is 4.42 Å². The predicted octanol–water partition coefficient (Wildman–Crippen LogP) is 14.8. The van der Waals surface area contributed by atoms with Crippen molar-refractivity contribution in [3.05, 3.63) is 233 Å². The first-order chi connectivity index (χ1) is 29.9. The minimum absolute atomic E-state index is 0.166. The van der Waals surface area contributed by atoms with Crippen LogP contribution in [0, 0.1) is 22.7 Å². The van der Waals surface area contributed by atoms with Gasteiger partial charge < -0.3 is 9.32 Å². The Labute approximate surface area is 354 Å². The Hall–Kier alpha value is -8.18. The minimum Gasteiger partial charge on any atom is -0.456 e. The van der Waals surface area contributed by atoms with Gasteiger partial charge in [0.1, 0.15) is 23.3 Å². The number of hydrogen-bond donors (Lipinski definition) is 0. The maximum absolute atomic E-state index is 10.2. The lowest BCUT2D eigenvalue weighted by molar-refractivity contribution is 0.662. The van der Waals surface area contributed by atoms with Gasteiger partial charge >= 0.3 is 0 Å². The molecule has 11 rings (SSSR count). The molecular formula is C57H37N3O. The van der Waals surface area contributed by atoms with Crippen LogP contribution in [0.15, 0.2) is 192 Å². The molecule has 10 aromatic rings. The van der Waals surface area contributed by atoms with Gasteiger partial charge in [-0.05, 0) is 127 Å². The number of nitrogens with zero attached hydrogens (tertiary/aromatic N) is 3. The molecule has 0 saturated carbocycles. The maximum Gasteiger partial charge on any atom is 0.137 e. The summed E-state index contributed by atoms with van der Waals surface area (Å²) in [5.41, 5.74) is 13.9. The Kier molecular flexibility index (Phi) is 8.24. The van der Waals surface area contributed by atoms with E-state index in [2.05, 4.69) is 153 Å². The summed E-state index contributed by atoms with van der Waals surface area (Å²) in [6.07, 6.45) is 0. The maximum atomic E-state index is 10.2. The van der Waals surface area contributed by atoms with Crippen LogP contribution < -0.4 is 4.90 Å². The SMILES string of the molecule is CC1(C)c2cccc3ccc4cc(/C(=C(\c5ccccc5)c5ccc6c(c5)oc5cc(N(c7ccccc7C#N)c7ccccc7C#N)ccc56)c5ccccc5)cc1c4c23. The molecule has 0 radical (unpaired) electrons. The van der Waals surface area contributed by atoms with Gasteiger partial charge in [-0.1, -0.05) is 135 Å². The number of nitriles is 2. The van der Waals surface area contributed by atoms with Crippen LogP contribution in [-0.2, 0) is 5.41 Å². The fourth-order valence-corrected chi connectivity index (χ4v) is 9.66. The van der Waals surface area contributed by atoms with Gasteiger partial charge in [0.05, 0.1) is 22.5 Å². The van der Waals surface area contributed by atoms with Gasteiger partial charge in [0.2, 0.25) is 0 Å². The first-order valence-corrected chi connectivity index (χ1v) is 20.5. The van der Waals surface area contributed by atoms with Crippen LogP contribution >= 0.6 is 0 Å². The van der Waals surface area contributed by atoms with Crippen molar-refractivity contribution in [1.82, 2.24) is 0 Å². The van der Waals surface area contributed by atoms with Gasteiger partial charge in [0.15, 0.2) is 0 Å². The molecule has 0 aliphatic heterocycles. The molecule has 9 aromatic carbocycles. The van der Waals surface area contributed by atoms with E-state index >= 15 is 0 Å². The molecule has 1 aromatic heterocycles. The number of rotatable bonds is 7. The van der Waals surface area contributed by atoms with Gasteiger partial charge in [-0.15, -0.1) is 0 Å². The van der Waals surface area contributed by atoms with Gasteiger partial charge in [0, 0.05) is 27.9 Å². The Morgan fingerprint density at radius 1 is 0.459 bits per heavy atom. The topological polar surface area (TPSA) is 64.0 Å². The van der Waals surface area contributed by atoms with Crippen molar-refractivity contribution in [3.8, 4) is 12.1 Å². The zero-order valence-electron chi connectivity index (χ0n) is 33.6. The molecule has 0 saturated heterocycles. The summed E-state index contributed by atoms with van der Waals surface area (Å²) in [5, 5.41) is 27.5. The van der Waals surface area contributed by atoms with E-state index in [0.29, 0.717) is 28.1 Å². The second-order valence-electron chi connectivity index (χ2n) is 16.3. The van der Waals surface area contributed by atoms with E-state index in [-0.39, 0.29) is 5.41 Å². The Balaban J connectivity index is 1.14. The molecule has 0 unspecified atom stereocenters. The highest BCUT2D eigenvalue weighted by Gasteiger charge is 2.35. The van der Waals surface area contributed by atoms with Gasteiger partial charge in [0.25, 0.3) is 0 Å². The Morgan fingerprint density at radius 2 is 1.02 bits per heavy atom. The molecule has 0 fully saturated rings. The van der Waals surface area contributed by atoms with E-state index in [0.717, 1.165) is 55.4 Å². The average molecular weight is 780 g/mol. The molecule has 1 heterocycles. The van der Waals surface area contributed by atoms with E-state index in [1.54, 1.807) is 12.1 Å². The summed E-state index contributed by atoms with van der Waals surface area (Å²) in [6.45, 7) is 4.71. The molecule has 0 spiro atoms. The van der Waals surface area contributed by atoms with Crippen LogP contribution in [0.3, 0.4) is 0 Å². The molecule has 0 atom stereocenters. The fraction of sp³-hybridized carbons (Fsp3) is 0.0526. The van der Waals surface area contributed by atoms with Crippen molar-refractivity contribution in [2.75, 3.05) is 4.90 Å². The highest BCUT2D eigenvalue weighted by Crippen LogP contribution is 2.51. The molecule has 1 aliphatic carbocycles. The molecule has 4 heteroatoms. The lowest BCUT2D eigenvalue weighted by Gasteiger charge is -2.27. The average Bonchev–Trinajstić information content (AvgIpc) is 3.79. The van der Waals surface area contributed by atoms with Crippen molar-refractivity contribution in [3.63, 3.8) is 0 Å². The molecule has 0 amide bonds. The number of fused-ring (bicyclic) bond motifs is 3. The third-order valence-electron chi connectivity index (χ3n) is 12.5. The van der Waals surface area contributed by atoms with Crippen LogP contribution in [0.2, 0.25) is 0 Å². The lowest BCUT2D eigenvalue weighted by Crippen LogP contribution is -2.15. The third-order valence-corrected chi connectivity index (χ3v) is 12.5. The normalized spacial score (nSPS) is 13.1. The van der Waals surface area contributed by atoms with Crippen LogP contribution in [0.5, 0.6) is 0 Å². The molecule has 286 valence electrons. The predicted molar refractivity (Wildman–Crippen MR) is 249 cm³/mol. The molecule has 1 aliphatic rings. The second-order valence-corrected chi connectivity index (χ2v) is 16.3. The summed E-state index contributed by atoms with van der Waals surface area (Å²) in [6, 6.07) is 69.8. The third kappa shape index (κ3) is 5.65. The number of anilines is 3. The smallest absolute Gasteiger partial charge is 0.137 e. The number of para-hydroxylation sites is 2. The van der Waals surface area contributed by atoms with Crippen molar-refractivity contribution < 1.29 is 4.42 Å². The van der Waals surface area contributed by atoms with Crippen LogP contribution in [0.25, 0.3) is 54.6 Å². The van der Waals surface area contributed by atoms with Crippen LogP contribution in [0.4, 0.5) is 17.1 Å². The first kappa shape index (κ1) is 35.9. The zero-order valence-corrected chi connectivity index (χ0v) is 33.6. The van der Waals surface area contributed by atoms with Crippen LogP contribution in [-0.4, -0.2) is 0 Å². The molecule has 4 nitrogen and oxygen atoms in total. The Bertz CT molecular complexity index is 3470.